The lowest BCUT2D eigenvalue weighted by Gasteiger charge is -2.18. The zero-order valence-corrected chi connectivity index (χ0v) is 9.12. The van der Waals surface area contributed by atoms with Gasteiger partial charge in [0.25, 0.3) is 5.56 Å². The molecule has 2 saturated heterocycles. The zero-order chi connectivity index (χ0) is 12.2. The summed E-state index contributed by atoms with van der Waals surface area (Å²) in [6.07, 6.45) is 0.119. The third-order valence-corrected chi connectivity index (χ3v) is 3.12. The fourth-order valence-electron chi connectivity index (χ4n) is 2.14. The second-order valence-electron chi connectivity index (χ2n) is 4.29. The summed E-state index contributed by atoms with van der Waals surface area (Å²) in [5, 5.41) is 9.05. The van der Waals surface area contributed by atoms with Crippen LogP contribution in [0, 0.1) is 6.92 Å². The Morgan fingerprint density at radius 2 is 2.18 bits per heavy atom. The van der Waals surface area contributed by atoms with E-state index in [2.05, 4.69) is 4.98 Å². The van der Waals surface area contributed by atoms with Gasteiger partial charge in [-0.05, 0) is 6.92 Å². The molecule has 1 aromatic rings. The number of H-pyrrole nitrogens is 1. The SMILES string of the molecule is Cc1cn([C@@H]2O[C@H](CO)[C@@H]3O[C@@H]32)c(=O)[nH]c1=O. The third kappa shape index (κ3) is 1.54. The number of nitrogens with one attached hydrogen (secondary N) is 1. The van der Waals surface area contributed by atoms with Gasteiger partial charge in [0.05, 0.1) is 6.61 Å². The van der Waals surface area contributed by atoms with Gasteiger partial charge in [0.2, 0.25) is 0 Å². The molecule has 0 bridgehead atoms. The monoisotopic (exact) mass is 240 g/mol. The second-order valence-corrected chi connectivity index (χ2v) is 4.29. The lowest BCUT2D eigenvalue weighted by atomic mass is 10.2. The number of aliphatic hydroxyl groups is 1. The predicted octanol–water partition coefficient (Wildman–Crippen LogP) is -1.50. The minimum atomic E-state index is -0.569. The average Bonchev–Trinajstić information content (AvgIpc) is 3.00. The van der Waals surface area contributed by atoms with E-state index in [1.165, 1.54) is 10.8 Å². The predicted molar refractivity (Wildman–Crippen MR) is 55.7 cm³/mol. The maximum absolute atomic E-state index is 11.6. The van der Waals surface area contributed by atoms with Gasteiger partial charge in [0, 0.05) is 11.8 Å². The molecule has 4 atom stereocenters. The molecule has 3 rings (SSSR count). The van der Waals surface area contributed by atoms with Crippen molar-refractivity contribution in [2.75, 3.05) is 6.61 Å². The Balaban J connectivity index is 1.98. The van der Waals surface area contributed by atoms with Crippen molar-refractivity contribution in [3.05, 3.63) is 32.6 Å². The molecular weight excluding hydrogens is 228 g/mol. The Hall–Kier alpha value is -1.44. The van der Waals surface area contributed by atoms with E-state index in [1.54, 1.807) is 6.92 Å². The maximum Gasteiger partial charge on any atom is 0.330 e. The Bertz CT molecular complexity index is 563. The summed E-state index contributed by atoms with van der Waals surface area (Å²) in [6.45, 7) is 1.47. The highest BCUT2D eigenvalue weighted by molar-refractivity contribution is 5.06. The van der Waals surface area contributed by atoms with Crippen molar-refractivity contribution in [3.8, 4) is 0 Å². The number of hydrogen-bond acceptors (Lipinski definition) is 5. The molecule has 1 aromatic heterocycles. The molecule has 92 valence electrons. The quantitative estimate of drug-likeness (QED) is 0.613. The van der Waals surface area contributed by atoms with Gasteiger partial charge in [-0.3, -0.25) is 14.3 Å². The first kappa shape index (κ1) is 10.7. The van der Waals surface area contributed by atoms with Crippen LogP contribution in [-0.4, -0.2) is 39.6 Å². The Morgan fingerprint density at radius 1 is 1.41 bits per heavy atom. The fraction of sp³-hybridized carbons (Fsp3) is 0.600. The molecule has 17 heavy (non-hydrogen) atoms. The lowest BCUT2D eigenvalue weighted by Crippen LogP contribution is -2.35. The molecule has 0 aliphatic carbocycles. The molecular formula is C10H12N2O5. The molecule has 2 fully saturated rings. The number of aryl methyl sites for hydroxylation is 1. The molecule has 0 aromatic carbocycles. The molecule has 2 N–H and O–H groups in total. The van der Waals surface area contributed by atoms with Gasteiger partial charge in [-0.15, -0.1) is 0 Å². The van der Waals surface area contributed by atoms with Crippen LogP contribution in [0.5, 0.6) is 0 Å². The van der Waals surface area contributed by atoms with Crippen LogP contribution in [0.15, 0.2) is 15.8 Å². The number of nitrogens with zero attached hydrogens (tertiary/aromatic N) is 1. The number of aromatic nitrogens is 2. The number of aromatic amines is 1. The number of rotatable bonds is 2. The fourth-order valence-corrected chi connectivity index (χ4v) is 2.14. The highest BCUT2D eigenvalue weighted by Crippen LogP contribution is 2.43. The molecule has 2 aliphatic heterocycles. The molecule has 0 radical (unpaired) electrons. The van der Waals surface area contributed by atoms with E-state index in [-0.39, 0.29) is 18.8 Å². The smallest absolute Gasteiger partial charge is 0.330 e. The molecule has 0 amide bonds. The average molecular weight is 240 g/mol. The molecule has 2 aliphatic rings. The van der Waals surface area contributed by atoms with Gasteiger partial charge in [-0.25, -0.2) is 4.79 Å². The van der Waals surface area contributed by atoms with Gasteiger partial charge in [-0.2, -0.15) is 0 Å². The lowest BCUT2D eigenvalue weighted by molar-refractivity contribution is -0.0857. The van der Waals surface area contributed by atoms with Crippen molar-refractivity contribution in [2.24, 2.45) is 0 Å². The van der Waals surface area contributed by atoms with Crippen molar-refractivity contribution in [3.63, 3.8) is 0 Å². The summed E-state index contributed by atoms with van der Waals surface area (Å²) < 4.78 is 12.1. The number of epoxide rings is 1. The van der Waals surface area contributed by atoms with E-state index in [4.69, 9.17) is 14.6 Å². The van der Waals surface area contributed by atoms with Gasteiger partial charge < -0.3 is 14.6 Å². The van der Waals surface area contributed by atoms with E-state index in [0.29, 0.717) is 5.56 Å². The Morgan fingerprint density at radius 3 is 2.82 bits per heavy atom. The summed E-state index contributed by atoms with van der Waals surface area (Å²) in [5.41, 5.74) is -0.507. The zero-order valence-electron chi connectivity index (χ0n) is 9.12. The molecule has 7 nitrogen and oxygen atoms in total. The molecule has 3 heterocycles. The van der Waals surface area contributed by atoms with Gasteiger partial charge in [-0.1, -0.05) is 0 Å². The number of hydrogen-bond donors (Lipinski definition) is 2. The molecule has 0 saturated carbocycles. The van der Waals surface area contributed by atoms with Gasteiger partial charge in [0.1, 0.15) is 18.3 Å². The van der Waals surface area contributed by atoms with Crippen molar-refractivity contribution in [2.45, 2.75) is 31.5 Å². The summed E-state index contributed by atoms with van der Waals surface area (Å²) in [6, 6.07) is 0. The summed E-state index contributed by atoms with van der Waals surface area (Å²) in [4.78, 5) is 25.1. The van der Waals surface area contributed by atoms with E-state index in [1.807, 2.05) is 0 Å². The minimum absolute atomic E-state index is 0.144. The van der Waals surface area contributed by atoms with Crippen LogP contribution >= 0.6 is 0 Å². The number of fused-ring (bicyclic) bond motifs is 1. The molecule has 0 spiro atoms. The van der Waals surface area contributed by atoms with Gasteiger partial charge >= 0.3 is 5.69 Å². The van der Waals surface area contributed by atoms with E-state index in [9.17, 15) is 9.59 Å². The highest BCUT2D eigenvalue weighted by atomic mass is 16.7. The first-order valence-electron chi connectivity index (χ1n) is 5.35. The van der Waals surface area contributed by atoms with Crippen LogP contribution in [-0.2, 0) is 9.47 Å². The Labute approximate surface area is 95.6 Å². The summed E-state index contributed by atoms with van der Waals surface area (Å²) >= 11 is 0. The minimum Gasteiger partial charge on any atom is -0.394 e. The van der Waals surface area contributed by atoms with Crippen LogP contribution in [0.2, 0.25) is 0 Å². The van der Waals surface area contributed by atoms with Crippen LogP contribution in [0.1, 0.15) is 11.8 Å². The third-order valence-electron chi connectivity index (χ3n) is 3.12. The van der Waals surface area contributed by atoms with Crippen LogP contribution in [0.4, 0.5) is 0 Å². The maximum atomic E-state index is 11.6. The van der Waals surface area contributed by atoms with E-state index < -0.39 is 23.6 Å². The largest absolute Gasteiger partial charge is 0.394 e. The van der Waals surface area contributed by atoms with E-state index >= 15 is 0 Å². The standard InChI is InChI=1S/C10H12N2O5/c1-4-2-12(10(15)11-8(4)14)9-7-6(17-7)5(3-13)16-9/h2,5-7,9,13H,3H2,1H3,(H,11,14,15)/t5-,6+,7+,9-/m1/s1. The normalized spacial score (nSPS) is 34.7. The first-order valence-corrected chi connectivity index (χ1v) is 5.35. The number of aliphatic hydroxyl groups excluding tert-OH is 1. The highest BCUT2D eigenvalue weighted by Gasteiger charge is 2.58. The summed E-state index contributed by atoms with van der Waals surface area (Å²) in [7, 11) is 0. The Kier molecular flexibility index (Phi) is 2.22. The van der Waals surface area contributed by atoms with Crippen molar-refractivity contribution < 1.29 is 14.6 Å². The van der Waals surface area contributed by atoms with Crippen molar-refractivity contribution in [1.29, 1.82) is 0 Å². The number of ether oxygens (including phenoxy) is 2. The van der Waals surface area contributed by atoms with Crippen LogP contribution in [0.3, 0.4) is 0 Å². The van der Waals surface area contributed by atoms with Gasteiger partial charge in [0.15, 0.2) is 6.23 Å². The molecule has 0 unspecified atom stereocenters. The van der Waals surface area contributed by atoms with Crippen molar-refractivity contribution in [1.82, 2.24) is 9.55 Å². The molecule has 7 heteroatoms. The second kappa shape index (κ2) is 3.52. The topological polar surface area (TPSA) is 96.8 Å². The van der Waals surface area contributed by atoms with Crippen LogP contribution in [0.25, 0.3) is 0 Å². The summed E-state index contributed by atoms with van der Waals surface area (Å²) in [5.74, 6) is 0. The van der Waals surface area contributed by atoms with Crippen molar-refractivity contribution >= 4 is 0 Å². The first-order chi connectivity index (χ1) is 8.11. The van der Waals surface area contributed by atoms with E-state index in [0.717, 1.165) is 0 Å². The van der Waals surface area contributed by atoms with Crippen LogP contribution < -0.4 is 11.2 Å².